The smallest absolute Gasteiger partial charge is 0.387 e. The summed E-state index contributed by atoms with van der Waals surface area (Å²) in [6.45, 7) is 7.44. The normalized spacial score (nSPS) is 17.9. The number of hydrogen-bond donors (Lipinski definition) is 0. The molecule has 9 nitrogen and oxygen atoms in total. The molecule has 0 N–H and O–H groups in total. The van der Waals surface area contributed by atoms with Crippen LogP contribution in [0, 0.1) is 0 Å². The number of allylic oxidation sites excluding steroid dienone is 4. The first-order valence-corrected chi connectivity index (χ1v) is 12.8. The summed E-state index contributed by atoms with van der Waals surface area (Å²) < 4.78 is 34.5. The molecule has 0 saturated carbocycles. The SMILES string of the molecule is C=C(/C(=C\C=C/C)OC(F)F)[C@@H]1CCn2c(=O)c3ccc(-c4cnc(N5CCN(C(C)=O)CC5)nc4)cc3n21. The van der Waals surface area contributed by atoms with Crippen molar-refractivity contribution < 1.29 is 18.3 Å². The Labute approximate surface area is 224 Å². The van der Waals surface area contributed by atoms with Crippen LogP contribution < -0.4 is 10.5 Å². The van der Waals surface area contributed by atoms with Gasteiger partial charge in [0.1, 0.15) is 5.76 Å². The molecule has 1 amide bonds. The number of anilines is 1. The summed E-state index contributed by atoms with van der Waals surface area (Å²) >= 11 is 0. The molecule has 39 heavy (non-hydrogen) atoms. The average molecular weight is 537 g/mol. The topological polar surface area (TPSA) is 85.5 Å². The number of amides is 1. The molecule has 11 heteroatoms. The van der Waals surface area contributed by atoms with Crippen molar-refractivity contribution in [1.29, 1.82) is 0 Å². The van der Waals surface area contributed by atoms with Crippen LogP contribution in [0.15, 0.2) is 71.5 Å². The van der Waals surface area contributed by atoms with E-state index in [9.17, 15) is 18.4 Å². The highest BCUT2D eigenvalue weighted by Crippen LogP contribution is 2.36. The third-order valence-corrected chi connectivity index (χ3v) is 7.23. The lowest BCUT2D eigenvalue weighted by Crippen LogP contribution is -2.48. The number of halogens is 2. The second-order valence-corrected chi connectivity index (χ2v) is 9.53. The Morgan fingerprint density at radius 3 is 2.49 bits per heavy atom. The van der Waals surface area contributed by atoms with Crippen LogP contribution in [0.1, 0.15) is 26.3 Å². The lowest BCUT2D eigenvalue weighted by molar-refractivity contribution is -0.129. The van der Waals surface area contributed by atoms with Gasteiger partial charge in [-0.05, 0) is 37.1 Å². The summed E-state index contributed by atoms with van der Waals surface area (Å²) in [6, 6.07) is 5.09. The number of aromatic nitrogens is 4. The number of hydrogen-bond acceptors (Lipinski definition) is 6. The summed E-state index contributed by atoms with van der Waals surface area (Å²) in [5.41, 5.74) is 2.50. The van der Waals surface area contributed by atoms with E-state index in [1.54, 1.807) is 54.0 Å². The first-order valence-electron chi connectivity index (χ1n) is 12.8. The molecule has 0 bridgehead atoms. The van der Waals surface area contributed by atoms with E-state index in [-0.39, 0.29) is 17.2 Å². The molecule has 0 unspecified atom stereocenters. The molecule has 4 heterocycles. The zero-order chi connectivity index (χ0) is 27.7. The Morgan fingerprint density at radius 1 is 1.13 bits per heavy atom. The van der Waals surface area contributed by atoms with Crippen molar-refractivity contribution in [3.63, 3.8) is 0 Å². The van der Waals surface area contributed by atoms with Crippen molar-refractivity contribution in [1.82, 2.24) is 24.2 Å². The first kappa shape index (κ1) is 26.3. The Kier molecular flexibility index (Phi) is 7.32. The summed E-state index contributed by atoms with van der Waals surface area (Å²) in [4.78, 5) is 37.7. The summed E-state index contributed by atoms with van der Waals surface area (Å²) in [5, 5.41) is 0.533. The predicted molar refractivity (Wildman–Crippen MR) is 144 cm³/mol. The van der Waals surface area contributed by atoms with E-state index < -0.39 is 12.7 Å². The molecule has 1 atom stereocenters. The number of ether oxygens (including phenoxy) is 1. The van der Waals surface area contributed by atoms with Crippen LogP contribution in [-0.2, 0) is 16.1 Å². The predicted octanol–water partition coefficient (Wildman–Crippen LogP) is 4.13. The Balaban J connectivity index is 1.44. The molecule has 0 aliphatic carbocycles. The standard InChI is InChI=1S/C28H30F2N6O3/c1-4-5-6-25(39-27(29)30)18(2)23-9-10-35-26(38)22-8-7-20(15-24(22)36(23)35)21-16-31-28(32-17-21)34-13-11-33(12-14-34)19(3)37/h4-8,15-17,23,27H,2,9-14H2,1,3H3/b5-4-,25-6+/t23-/m0/s1. The quantitative estimate of drug-likeness (QED) is 0.334. The van der Waals surface area contributed by atoms with E-state index in [4.69, 9.17) is 4.74 Å². The number of carbonyl (C=O) groups excluding carboxylic acids is 1. The lowest BCUT2D eigenvalue weighted by Gasteiger charge is -2.34. The maximum atomic E-state index is 13.1. The summed E-state index contributed by atoms with van der Waals surface area (Å²) in [6.07, 6.45) is 8.80. The fourth-order valence-electron chi connectivity index (χ4n) is 5.20. The van der Waals surface area contributed by atoms with Gasteiger partial charge in [0.15, 0.2) is 0 Å². The Hall–Kier alpha value is -4.28. The molecule has 1 fully saturated rings. The van der Waals surface area contributed by atoms with Crippen molar-refractivity contribution in [2.24, 2.45) is 0 Å². The highest BCUT2D eigenvalue weighted by Gasteiger charge is 2.31. The zero-order valence-electron chi connectivity index (χ0n) is 21.9. The van der Waals surface area contributed by atoms with Gasteiger partial charge in [0.05, 0.1) is 16.9 Å². The second kappa shape index (κ2) is 10.8. The number of fused-ring (bicyclic) bond motifs is 3. The molecule has 2 aliphatic heterocycles. The number of carbonyl (C=O) groups is 1. The molecule has 2 aliphatic rings. The molecule has 0 radical (unpaired) electrons. The maximum Gasteiger partial charge on any atom is 0.387 e. The van der Waals surface area contributed by atoms with Gasteiger partial charge >= 0.3 is 6.61 Å². The summed E-state index contributed by atoms with van der Waals surface area (Å²) in [5.74, 6) is 0.648. The van der Waals surface area contributed by atoms with Crippen molar-refractivity contribution in [3.8, 4) is 11.1 Å². The largest absolute Gasteiger partial charge is 0.434 e. The van der Waals surface area contributed by atoms with Crippen LogP contribution in [0.4, 0.5) is 14.7 Å². The molecule has 1 aromatic carbocycles. The minimum Gasteiger partial charge on any atom is -0.434 e. The van der Waals surface area contributed by atoms with E-state index in [0.29, 0.717) is 61.6 Å². The second-order valence-electron chi connectivity index (χ2n) is 9.53. The number of piperazine rings is 1. The van der Waals surface area contributed by atoms with Crippen molar-refractivity contribution in [3.05, 3.63) is 77.1 Å². The van der Waals surface area contributed by atoms with Crippen LogP contribution in [0.2, 0.25) is 0 Å². The Morgan fingerprint density at radius 2 is 1.85 bits per heavy atom. The molecule has 5 rings (SSSR count). The van der Waals surface area contributed by atoms with E-state index in [0.717, 1.165) is 11.1 Å². The molecular weight excluding hydrogens is 506 g/mol. The number of nitrogens with zero attached hydrogens (tertiary/aromatic N) is 6. The molecule has 1 saturated heterocycles. The van der Waals surface area contributed by atoms with Gasteiger partial charge in [-0.3, -0.25) is 14.3 Å². The fraction of sp³-hybridized carbons (Fsp3) is 0.357. The average Bonchev–Trinajstić information content (AvgIpc) is 3.50. The Bertz CT molecular complexity index is 1510. The van der Waals surface area contributed by atoms with Gasteiger partial charge in [0.2, 0.25) is 11.9 Å². The fourth-order valence-corrected chi connectivity index (χ4v) is 5.20. The van der Waals surface area contributed by atoms with Crippen LogP contribution in [0.25, 0.3) is 22.0 Å². The van der Waals surface area contributed by atoms with Crippen LogP contribution in [0.5, 0.6) is 0 Å². The van der Waals surface area contributed by atoms with Gasteiger partial charge in [-0.1, -0.05) is 24.8 Å². The first-order chi connectivity index (χ1) is 18.8. The number of rotatable bonds is 7. The molecular formula is C28H30F2N6O3. The molecule has 3 aromatic rings. The van der Waals surface area contributed by atoms with Crippen LogP contribution >= 0.6 is 0 Å². The summed E-state index contributed by atoms with van der Waals surface area (Å²) in [7, 11) is 0. The van der Waals surface area contributed by atoms with Gasteiger partial charge in [0, 0.05) is 63.2 Å². The monoisotopic (exact) mass is 536 g/mol. The molecule has 204 valence electrons. The van der Waals surface area contributed by atoms with Crippen LogP contribution in [0.3, 0.4) is 0 Å². The minimum atomic E-state index is -2.99. The van der Waals surface area contributed by atoms with Crippen molar-refractivity contribution in [2.75, 3.05) is 31.1 Å². The number of alkyl halides is 2. The maximum absolute atomic E-state index is 13.1. The van der Waals surface area contributed by atoms with E-state index in [2.05, 4.69) is 16.5 Å². The van der Waals surface area contributed by atoms with Gasteiger partial charge in [-0.2, -0.15) is 8.78 Å². The van der Waals surface area contributed by atoms with E-state index in [1.807, 2.05) is 21.7 Å². The highest BCUT2D eigenvalue weighted by atomic mass is 19.3. The van der Waals surface area contributed by atoms with Gasteiger partial charge in [0.25, 0.3) is 5.56 Å². The van der Waals surface area contributed by atoms with Crippen LogP contribution in [-0.4, -0.2) is 62.9 Å². The molecule has 0 spiro atoms. The molecule has 2 aromatic heterocycles. The van der Waals surface area contributed by atoms with Crippen molar-refractivity contribution >= 4 is 22.8 Å². The van der Waals surface area contributed by atoms with Gasteiger partial charge < -0.3 is 14.5 Å². The minimum absolute atomic E-state index is 0.0138. The van der Waals surface area contributed by atoms with Crippen molar-refractivity contribution in [2.45, 2.75) is 39.5 Å². The number of benzene rings is 1. The van der Waals surface area contributed by atoms with Gasteiger partial charge in [-0.15, -0.1) is 0 Å². The lowest BCUT2D eigenvalue weighted by atomic mass is 10.0. The third-order valence-electron chi connectivity index (χ3n) is 7.23. The van der Waals surface area contributed by atoms with Gasteiger partial charge in [-0.25, -0.2) is 14.6 Å². The van der Waals surface area contributed by atoms with E-state index >= 15 is 0 Å². The van der Waals surface area contributed by atoms with E-state index in [1.165, 1.54) is 6.08 Å². The third kappa shape index (κ3) is 5.08. The highest BCUT2D eigenvalue weighted by molar-refractivity contribution is 5.84. The zero-order valence-corrected chi connectivity index (χ0v) is 21.9.